The highest BCUT2D eigenvalue weighted by Crippen LogP contribution is 2.39. The molecular formula is C23H27BClNO5. The standard InChI is InChI=1S/C23H27BClNO5/c1-22(2)23(3,4)31-24(30-22)18(12-17-10-11-19(25)13-20(17)27)14-26-21(28)29-15-16-8-6-5-7-9-16/h5-13,27H,14-15H2,1-4H3,(H,26,28). The minimum absolute atomic E-state index is 0.0215. The molecular weight excluding hydrogens is 417 g/mol. The third kappa shape index (κ3) is 5.82. The van der Waals surface area contributed by atoms with Crippen molar-refractivity contribution < 1.29 is 23.9 Å². The second kappa shape index (κ2) is 9.34. The van der Waals surface area contributed by atoms with Gasteiger partial charge in [-0.3, -0.25) is 0 Å². The lowest BCUT2D eigenvalue weighted by molar-refractivity contribution is 0.00578. The Bertz CT molecular complexity index is 946. The zero-order chi connectivity index (χ0) is 22.6. The summed E-state index contributed by atoms with van der Waals surface area (Å²) in [7, 11) is -0.700. The van der Waals surface area contributed by atoms with Crippen LogP contribution >= 0.6 is 11.6 Å². The zero-order valence-corrected chi connectivity index (χ0v) is 18.9. The van der Waals surface area contributed by atoms with Gasteiger partial charge in [-0.2, -0.15) is 0 Å². The van der Waals surface area contributed by atoms with Gasteiger partial charge in [0.15, 0.2) is 0 Å². The lowest BCUT2D eigenvalue weighted by Crippen LogP contribution is -2.41. The van der Waals surface area contributed by atoms with Gasteiger partial charge in [-0.1, -0.05) is 48.0 Å². The maximum atomic E-state index is 12.2. The normalized spacial score (nSPS) is 17.5. The van der Waals surface area contributed by atoms with Crippen molar-refractivity contribution in [2.24, 2.45) is 0 Å². The van der Waals surface area contributed by atoms with E-state index in [1.165, 1.54) is 6.07 Å². The molecule has 1 heterocycles. The summed E-state index contributed by atoms with van der Waals surface area (Å²) in [4.78, 5) is 12.2. The van der Waals surface area contributed by atoms with Crippen molar-refractivity contribution in [3.05, 3.63) is 70.2 Å². The van der Waals surface area contributed by atoms with Gasteiger partial charge < -0.3 is 24.5 Å². The fourth-order valence-electron chi connectivity index (χ4n) is 2.98. The van der Waals surface area contributed by atoms with Crippen LogP contribution in [0.1, 0.15) is 38.8 Å². The Kier molecular flexibility index (Phi) is 6.99. The molecule has 0 radical (unpaired) electrons. The molecule has 31 heavy (non-hydrogen) atoms. The van der Waals surface area contributed by atoms with Crippen LogP contribution < -0.4 is 5.32 Å². The highest BCUT2D eigenvalue weighted by atomic mass is 35.5. The van der Waals surface area contributed by atoms with E-state index in [1.807, 2.05) is 58.0 Å². The van der Waals surface area contributed by atoms with Crippen LogP contribution in [0.4, 0.5) is 4.79 Å². The number of hydrogen-bond acceptors (Lipinski definition) is 5. The minimum atomic E-state index is -0.700. The fourth-order valence-corrected chi connectivity index (χ4v) is 3.15. The maximum absolute atomic E-state index is 12.2. The minimum Gasteiger partial charge on any atom is -0.507 e. The Morgan fingerprint density at radius 3 is 2.39 bits per heavy atom. The molecule has 6 nitrogen and oxygen atoms in total. The molecule has 1 saturated heterocycles. The molecule has 164 valence electrons. The van der Waals surface area contributed by atoms with Gasteiger partial charge in [0.25, 0.3) is 0 Å². The van der Waals surface area contributed by atoms with E-state index in [0.717, 1.165) is 5.56 Å². The van der Waals surface area contributed by atoms with Crippen molar-refractivity contribution in [2.45, 2.75) is 45.5 Å². The lowest BCUT2D eigenvalue weighted by Gasteiger charge is -2.32. The summed E-state index contributed by atoms with van der Waals surface area (Å²) >= 11 is 5.94. The van der Waals surface area contributed by atoms with E-state index in [2.05, 4.69) is 5.32 Å². The maximum Gasteiger partial charge on any atom is 0.492 e. The Morgan fingerprint density at radius 2 is 1.77 bits per heavy atom. The Balaban J connectivity index is 1.74. The number of nitrogens with one attached hydrogen (secondary N) is 1. The summed E-state index contributed by atoms with van der Waals surface area (Å²) in [5.41, 5.74) is 0.964. The first kappa shape index (κ1) is 23.2. The van der Waals surface area contributed by atoms with E-state index in [0.29, 0.717) is 16.1 Å². The van der Waals surface area contributed by atoms with Crippen LogP contribution in [-0.4, -0.2) is 36.1 Å². The van der Waals surface area contributed by atoms with Crippen molar-refractivity contribution in [1.29, 1.82) is 0 Å². The topological polar surface area (TPSA) is 77.0 Å². The molecule has 0 aromatic heterocycles. The fraction of sp³-hybridized carbons (Fsp3) is 0.348. The first-order valence-electron chi connectivity index (χ1n) is 10.1. The van der Waals surface area contributed by atoms with Gasteiger partial charge >= 0.3 is 13.2 Å². The van der Waals surface area contributed by atoms with Crippen LogP contribution in [-0.2, 0) is 20.7 Å². The smallest absolute Gasteiger partial charge is 0.492 e. The number of halogens is 1. The van der Waals surface area contributed by atoms with Crippen LogP contribution in [0.25, 0.3) is 6.08 Å². The molecule has 1 amide bonds. The number of ether oxygens (including phenoxy) is 1. The molecule has 0 aliphatic carbocycles. The number of phenolic OH excluding ortho intramolecular Hbond substituents is 1. The third-order valence-electron chi connectivity index (χ3n) is 5.54. The molecule has 0 bridgehead atoms. The van der Waals surface area contributed by atoms with Crippen molar-refractivity contribution in [2.75, 3.05) is 6.54 Å². The number of hydrogen-bond donors (Lipinski definition) is 2. The largest absolute Gasteiger partial charge is 0.507 e. The van der Waals surface area contributed by atoms with Crippen molar-refractivity contribution in [1.82, 2.24) is 5.32 Å². The van der Waals surface area contributed by atoms with Gasteiger partial charge in [0.2, 0.25) is 0 Å². The van der Waals surface area contributed by atoms with E-state index in [-0.39, 0.29) is 18.9 Å². The van der Waals surface area contributed by atoms with Gasteiger partial charge in [0.05, 0.1) is 11.2 Å². The van der Waals surface area contributed by atoms with E-state index in [1.54, 1.807) is 18.2 Å². The number of benzene rings is 2. The monoisotopic (exact) mass is 443 g/mol. The molecule has 1 aliphatic heterocycles. The molecule has 2 aromatic carbocycles. The van der Waals surface area contributed by atoms with Gasteiger partial charge in [-0.25, -0.2) is 4.79 Å². The van der Waals surface area contributed by atoms with Crippen LogP contribution in [0.5, 0.6) is 5.75 Å². The average Bonchev–Trinajstić information content (AvgIpc) is 2.93. The summed E-state index contributed by atoms with van der Waals surface area (Å²) in [6, 6.07) is 14.3. The molecule has 2 aromatic rings. The van der Waals surface area contributed by atoms with Gasteiger partial charge in [0, 0.05) is 17.1 Å². The molecule has 0 saturated carbocycles. The number of aromatic hydroxyl groups is 1. The van der Waals surface area contributed by atoms with E-state index in [4.69, 9.17) is 25.6 Å². The van der Waals surface area contributed by atoms with Crippen LogP contribution in [0.15, 0.2) is 54.0 Å². The van der Waals surface area contributed by atoms with Crippen LogP contribution in [0.3, 0.4) is 0 Å². The van der Waals surface area contributed by atoms with E-state index in [9.17, 15) is 9.90 Å². The summed E-state index contributed by atoms with van der Waals surface area (Å²) in [6.45, 7) is 8.09. The number of alkyl carbamates (subject to hydrolysis) is 1. The second-order valence-electron chi connectivity index (χ2n) is 8.43. The first-order chi connectivity index (χ1) is 14.6. The van der Waals surface area contributed by atoms with E-state index >= 15 is 0 Å². The molecule has 1 aliphatic rings. The van der Waals surface area contributed by atoms with Crippen molar-refractivity contribution in [3.8, 4) is 5.75 Å². The number of carbonyl (C=O) groups is 1. The summed E-state index contributed by atoms with van der Waals surface area (Å²) in [5.74, 6) is 0.0215. The summed E-state index contributed by atoms with van der Waals surface area (Å²) < 4.78 is 17.6. The number of amides is 1. The molecule has 1 fully saturated rings. The molecule has 8 heteroatoms. The Morgan fingerprint density at radius 1 is 1.13 bits per heavy atom. The summed E-state index contributed by atoms with van der Waals surface area (Å²) in [6.07, 6.45) is 1.16. The van der Waals surface area contributed by atoms with Gasteiger partial charge in [-0.05, 0) is 56.9 Å². The third-order valence-corrected chi connectivity index (χ3v) is 5.77. The Labute approximate surface area is 188 Å². The first-order valence-corrected chi connectivity index (χ1v) is 10.4. The van der Waals surface area contributed by atoms with Crippen molar-refractivity contribution in [3.63, 3.8) is 0 Å². The predicted molar refractivity (Wildman–Crippen MR) is 122 cm³/mol. The SMILES string of the molecule is CC1(C)OB(C(=Cc2ccc(Cl)cc2O)CNC(=O)OCc2ccccc2)OC1(C)C. The van der Waals surface area contributed by atoms with Crippen LogP contribution in [0, 0.1) is 0 Å². The molecule has 0 atom stereocenters. The lowest BCUT2D eigenvalue weighted by atomic mass is 9.77. The number of phenols is 1. The molecule has 0 unspecified atom stereocenters. The molecule has 2 N–H and O–H groups in total. The van der Waals surface area contributed by atoms with Crippen LogP contribution in [0.2, 0.25) is 5.02 Å². The quantitative estimate of drug-likeness (QED) is 0.615. The zero-order valence-electron chi connectivity index (χ0n) is 18.1. The molecule has 0 spiro atoms. The number of rotatable bonds is 6. The van der Waals surface area contributed by atoms with Crippen molar-refractivity contribution >= 4 is 30.9 Å². The van der Waals surface area contributed by atoms with Gasteiger partial charge in [0.1, 0.15) is 12.4 Å². The average molecular weight is 444 g/mol. The number of carbonyl (C=O) groups excluding carboxylic acids is 1. The van der Waals surface area contributed by atoms with Gasteiger partial charge in [-0.15, -0.1) is 0 Å². The molecule has 3 rings (SSSR count). The highest BCUT2D eigenvalue weighted by Gasteiger charge is 2.52. The second-order valence-corrected chi connectivity index (χ2v) is 8.86. The highest BCUT2D eigenvalue weighted by molar-refractivity contribution is 6.56. The van der Waals surface area contributed by atoms with E-state index < -0.39 is 24.4 Å². The predicted octanol–water partition coefficient (Wildman–Crippen LogP) is 4.99. The Hall–Kier alpha value is -2.48. The summed E-state index contributed by atoms with van der Waals surface area (Å²) in [5, 5.41) is 13.4.